The number of para-hydroxylation sites is 1. The molecule has 2 aromatic carbocycles. The summed E-state index contributed by atoms with van der Waals surface area (Å²) < 4.78 is 34.3. The number of anilines is 2. The molecule has 0 radical (unpaired) electrons. The van der Waals surface area contributed by atoms with E-state index in [1.165, 1.54) is 42.7 Å². The van der Waals surface area contributed by atoms with Crippen molar-refractivity contribution >= 4 is 28.5 Å². The predicted molar refractivity (Wildman–Crippen MR) is 145 cm³/mol. The van der Waals surface area contributed by atoms with Gasteiger partial charge in [0.25, 0.3) is 0 Å². The molecule has 1 amide bonds. The summed E-state index contributed by atoms with van der Waals surface area (Å²) in [4.78, 5) is 19.7. The van der Waals surface area contributed by atoms with Gasteiger partial charge >= 0.3 is 236 Å². The molecule has 1 saturated heterocycles. The van der Waals surface area contributed by atoms with Crippen LogP contribution < -0.4 is 31.8 Å². The van der Waals surface area contributed by atoms with E-state index >= 15 is 0 Å². The predicted octanol–water partition coefficient (Wildman–Crippen LogP) is 3.17. The number of halogens is 3. The van der Waals surface area contributed by atoms with Crippen LogP contribution in [0.25, 0.3) is 11.2 Å². The van der Waals surface area contributed by atoms with Crippen LogP contribution in [-0.4, -0.2) is 33.3 Å². The van der Waals surface area contributed by atoms with E-state index in [0.717, 1.165) is 40.3 Å². The Hall–Kier alpha value is -3.57. The molecule has 6 rings (SSSR count). The molecule has 0 aliphatic carbocycles. The van der Waals surface area contributed by atoms with Crippen molar-refractivity contribution < 1.29 is 34.8 Å². The van der Waals surface area contributed by atoms with Crippen LogP contribution in [0.15, 0.2) is 74.8 Å². The molecule has 0 bridgehead atoms. The second kappa shape index (κ2) is 10.9. The summed E-state index contributed by atoms with van der Waals surface area (Å²) in [6.07, 6.45) is 8.54. The molecule has 4 aromatic rings. The van der Waals surface area contributed by atoms with Gasteiger partial charge < -0.3 is 0 Å². The number of allylic oxidation sites excluding steroid dienone is 2. The second-order valence-corrected chi connectivity index (χ2v) is 12.2. The Balaban J connectivity index is 1.14. The number of aromatic nitrogens is 2. The average Bonchev–Trinajstić information content (AvgIpc) is 3.69. The first-order valence-corrected chi connectivity index (χ1v) is 15.1. The normalized spacial score (nSPS) is 15.7. The van der Waals surface area contributed by atoms with Crippen molar-refractivity contribution in [1.29, 1.82) is 0 Å². The number of benzene rings is 2. The third kappa shape index (κ3) is 5.46. The maximum absolute atomic E-state index is 15.0. The van der Waals surface area contributed by atoms with Crippen LogP contribution in [0, 0.1) is 18.6 Å². The standard InChI is InChI=1S/C30H27F2IN5O/c1-19-5-4-6-23(31)29(19)36-30(39)21-7-8-25(24(32)14-21)35-27-15-22(16-33-27)26-17-34-28-13-20(9-12-38(26)28)18-37-10-2-3-11-37/h4-9,12-17,35H,2-3,10-11,18H2,1H3,(H,36,39)/q-1. The van der Waals surface area contributed by atoms with Crippen molar-refractivity contribution in [3.8, 4) is 0 Å². The summed E-state index contributed by atoms with van der Waals surface area (Å²) in [5, 5.41) is 5.73. The van der Waals surface area contributed by atoms with Crippen LogP contribution in [-0.2, 0) is 6.54 Å². The van der Waals surface area contributed by atoms with E-state index < -0.39 is 38.7 Å². The van der Waals surface area contributed by atoms with Gasteiger partial charge in [0.2, 0.25) is 0 Å². The van der Waals surface area contributed by atoms with Crippen molar-refractivity contribution in [2.24, 2.45) is 0 Å². The summed E-state index contributed by atoms with van der Waals surface area (Å²) in [6.45, 7) is 4.97. The van der Waals surface area contributed by atoms with Crippen molar-refractivity contribution in [3.05, 3.63) is 109 Å². The molecule has 0 spiro atoms. The first kappa shape index (κ1) is 25.7. The first-order chi connectivity index (χ1) is 18.9. The van der Waals surface area contributed by atoms with E-state index in [0.29, 0.717) is 11.3 Å². The maximum atomic E-state index is 15.0. The Morgan fingerprint density at radius 3 is 2.72 bits per heavy atom. The molecule has 0 atom stereocenters. The third-order valence-electron chi connectivity index (χ3n) is 7.00. The van der Waals surface area contributed by atoms with Gasteiger partial charge in [-0.1, -0.05) is 0 Å². The van der Waals surface area contributed by atoms with Gasteiger partial charge in [0, 0.05) is 0 Å². The fraction of sp³-hybridized carbons (Fsp3) is 0.200. The zero-order chi connectivity index (χ0) is 26.9. The molecule has 39 heavy (non-hydrogen) atoms. The number of imidazole rings is 1. The number of carbonyl (C=O) groups is 1. The number of fused-ring (bicyclic) bond motifs is 1. The summed E-state index contributed by atoms with van der Waals surface area (Å²) >= 11 is -0.492. The number of hydrogen-bond acceptors (Lipinski definition) is 4. The summed E-state index contributed by atoms with van der Waals surface area (Å²) in [5.41, 5.74) is 5.34. The number of hydrogen-bond donors (Lipinski definition) is 2. The minimum absolute atomic E-state index is 0.0970. The van der Waals surface area contributed by atoms with Crippen LogP contribution in [0.5, 0.6) is 0 Å². The Labute approximate surface area is 235 Å². The van der Waals surface area contributed by atoms with Crippen molar-refractivity contribution in [1.82, 2.24) is 14.3 Å². The number of nitrogens with zero attached hydrogens (tertiary/aromatic N) is 3. The van der Waals surface area contributed by atoms with E-state index in [4.69, 9.17) is 0 Å². The molecular formula is C30H27F2IN5O-. The quantitative estimate of drug-likeness (QED) is 0.242. The molecule has 0 unspecified atom stereocenters. The third-order valence-corrected chi connectivity index (χ3v) is 9.23. The van der Waals surface area contributed by atoms with E-state index in [-0.39, 0.29) is 11.3 Å². The van der Waals surface area contributed by atoms with Crippen LogP contribution in [0.3, 0.4) is 0 Å². The molecule has 9 heteroatoms. The fourth-order valence-corrected chi connectivity index (χ4v) is 7.04. The van der Waals surface area contributed by atoms with Gasteiger partial charge in [-0.15, -0.1) is 0 Å². The number of aryl methyl sites for hydroxylation is 1. The molecule has 2 aliphatic rings. The molecule has 0 saturated carbocycles. The van der Waals surface area contributed by atoms with Gasteiger partial charge in [0.15, 0.2) is 0 Å². The Kier molecular flexibility index (Phi) is 7.18. The zero-order valence-electron chi connectivity index (χ0n) is 21.3. The van der Waals surface area contributed by atoms with E-state index in [2.05, 4.69) is 47.3 Å². The molecule has 2 aromatic heterocycles. The van der Waals surface area contributed by atoms with Crippen LogP contribution >= 0.6 is 0 Å². The van der Waals surface area contributed by atoms with Gasteiger partial charge in [0.05, 0.1) is 0 Å². The Bertz CT molecular complexity index is 1620. The van der Waals surface area contributed by atoms with Gasteiger partial charge in [-0.25, -0.2) is 0 Å². The molecule has 6 nitrogen and oxygen atoms in total. The van der Waals surface area contributed by atoms with Gasteiger partial charge in [-0.05, 0) is 0 Å². The van der Waals surface area contributed by atoms with Crippen LogP contribution in [0.4, 0.5) is 20.2 Å². The summed E-state index contributed by atoms with van der Waals surface area (Å²) in [7, 11) is 0. The van der Waals surface area contributed by atoms with Crippen molar-refractivity contribution in [2.45, 2.75) is 26.3 Å². The number of rotatable bonds is 7. The first-order valence-electron chi connectivity index (χ1n) is 12.8. The molecule has 4 heterocycles. The number of likely N-dealkylation sites (tertiary alicyclic amines) is 1. The monoisotopic (exact) mass is 638 g/mol. The molecule has 1 fully saturated rings. The SMILES string of the molecule is Cc1cccc(F)c1NC(=O)c1ccc(NC2=CC(c3cnc4cc(CN5CCCC5)ccn34)=C[I-]2)c(F)c1. The van der Waals surface area contributed by atoms with E-state index in [1.54, 1.807) is 19.1 Å². The minimum atomic E-state index is -0.568. The number of pyridine rings is 1. The summed E-state index contributed by atoms with van der Waals surface area (Å²) in [6, 6.07) is 13.1. The molecule has 2 N–H and O–H groups in total. The zero-order valence-corrected chi connectivity index (χ0v) is 23.5. The fourth-order valence-electron chi connectivity index (χ4n) is 4.91. The van der Waals surface area contributed by atoms with E-state index in [1.807, 2.05) is 12.3 Å². The molecular weight excluding hydrogens is 611 g/mol. The molecule has 2 aliphatic heterocycles. The van der Waals surface area contributed by atoms with E-state index in [9.17, 15) is 13.6 Å². The average molecular weight is 638 g/mol. The number of carbonyl (C=O) groups excluding carboxylic acids is 1. The van der Waals surface area contributed by atoms with Crippen LogP contribution in [0.2, 0.25) is 0 Å². The number of amides is 1. The van der Waals surface area contributed by atoms with Crippen LogP contribution in [0.1, 0.15) is 40.0 Å². The van der Waals surface area contributed by atoms with Gasteiger partial charge in [-0.3, -0.25) is 0 Å². The number of nitrogens with one attached hydrogen (secondary N) is 2. The Morgan fingerprint density at radius 2 is 1.92 bits per heavy atom. The van der Waals surface area contributed by atoms with Gasteiger partial charge in [0.1, 0.15) is 0 Å². The molecule has 200 valence electrons. The topological polar surface area (TPSA) is 61.7 Å². The summed E-state index contributed by atoms with van der Waals surface area (Å²) in [5.74, 6) is -1.65. The Morgan fingerprint density at radius 1 is 1.08 bits per heavy atom. The second-order valence-electron chi connectivity index (χ2n) is 9.76. The van der Waals surface area contributed by atoms with Crippen molar-refractivity contribution in [3.63, 3.8) is 0 Å². The van der Waals surface area contributed by atoms with Crippen molar-refractivity contribution in [2.75, 3.05) is 23.7 Å². The van der Waals surface area contributed by atoms with Gasteiger partial charge in [-0.2, -0.15) is 0 Å².